The predicted molar refractivity (Wildman–Crippen MR) is 259 cm³/mol. The number of fused-ring (bicyclic) bond motifs is 9. The van der Waals surface area contributed by atoms with Crippen LogP contribution >= 0.6 is 0 Å². The van der Waals surface area contributed by atoms with Crippen molar-refractivity contribution < 1.29 is 0 Å². The van der Waals surface area contributed by atoms with Gasteiger partial charge in [0.1, 0.15) is 0 Å². The summed E-state index contributed by atoms with van der Waals surface area (Å²) in [7, 11) is 0. The molecule has 7 aromatic carbocycles. The van der Waals surface area contributed by atoms with Gasteiger partial charge in [-0.25, -0.2) is 0 Å². The molecule has 6 heterocycles. The Bertz CT molecular complexity index is 3310. The van der Waals surface area contributed by atoms with E-state index >= 15 is 0 Å². The van der Waals surface area contributed by atoms with Crippen molar-refractivity contribution in [1.29, 1.82) is 0 Å². The highest BCUT2D eigenvalue weighted by Crippen LogP contribution is 2.38. The minimum Gasteiger partial charge on any atom is -0.309 e. The van der Waals surface area contributed by atoms with Crippen molar-refractivity contribution in [2.75, 3.05) is 0 Å². The smallest absolute Gasteiger partial charge is 0.0571 e. The first-order chi connectivity index (χ1) is 31.2. The van der Waals surface area contributed by atoms with E-state index in [0.29, 0.717) is 0 Å². The molecule has 0 N–H and O–H groups in total. The van der Waals surface area contributed by atoms with Crippen LogP contribution in [0.5, 0.6) is 0 Å². The molecule has 0 unspecified atom stereocenters. The first-order valence-electron chi connectivity index (χ1n) is 21.2. The molecule has 0 aliphatic carbocycles. The zero-order valence-electron chi connectivity index (χ0n) is 34.0. The number of aromatic nitrogens is 6. The van der Waals surface area contributed by atoms with E-state index in [1.165, 1.54) is 32.7 Å². The topological polar surface area (TPSA) is 53.5 Å². The van der Waals surface area contributed by atoms with Crippen LogP contribution in [0.4, 0.5) is 0 Å². The van der Waals surface area contributed by atoms with Crippen molar-refractivity contribution in [3.8, 4) is 50.4 Å². The monoisotopic (exact) mass is 804 g/mol. The molecule has 63 heavy (non-hydrogen) atoms. The van der Waals surface area contributed by atoms with Gasteiger partial charge in [-0.1, -0.05) is 91.0 Å². The van der Waals surface area contributed by atoms with Crippen LogP contribution in [0.2, 0.25) is 0 Å². The van der Waals surface area contributed by atoms with Crippen molar-refractivity contribution in [1.82, 2.24) is 28.7 Å². The summed E-state index contributed by atoms with van der Waals surface area (Å²) in [5.74, 6) is 0. The van der Waals surface area contributed by atoms with Gasteiger partial charge >= 0.3 is 0 Å². The zero-order chi connectivity index (χ0) is 41.4. The minimum absolute atomic E-state index is 1.11. The summed E-state index contributed by atoms with van der Waals surface area (Å²) >= 11 is 0. The Labute approximate surface area is 362 Å². The average molecular weight is 805 g/mol. The summed E-state index contributed by atoms with van der Waals surface area (Å²) in [4.78, 5) is 13.4. The van der Waals surface area contributed by atoms with E-state index in [0.717, 1.165) is 83.2 Å². The molecule has 0 atom stereocenters. The maximum atomic E-state index is 4.45. The lowest BCUT2D eigenvalue weighted by atomic mass is 9.93. The van der Waals surface area contributed by atoms with E-state index in [9.17, 15) is 0 Å². The lowest BCUT2D eigenvalue weighted by Crippen LogP contribution is -1.95. The standard InChI is InChI=1S/C57H36N6/c1-4-10-52-46(7-1)49-34-58-28-25-55(49)61(52)43-19-13-37(14-20-43)40-31-41(38-15-21-44(22-16-38)62-53-11-5-2-8-47(53)50-35-59-29-26-56(50)62)33-42(32-40)39-17-23-45(24-18-39)63-54-12-6-3-9-48(54)51-36-60-30-27-57(51)63/h1-36H. The van der Waals surface area contributed by atoms with Crippen LogP contribution in [-0.2, 0) is 0 Å². The van der Waals surface area contributed by atoms with Crippen molar-refractivity contribution in [3.63, 3.8) is 0 Å². The van der Waals surface area contributed by atoms with E-state index in [-0.39, 0.29) is 0 Å². The third kappa shape index (κ3) is 5.55. The molecule has 0 bridgehead atoms. The second kappa shape index (κ2) is 14.0. The Balaban J connectivity index is 0.933. The Kier molecular flexibility index (Phi) is 7.80. The molecule has 0 saturated heterocycles. The Morgan fingerprint density at radius 1 is 0.238 bits per heavy atom. The molecule has 6 aromatic heterocycles. The molecule has 13 aromatic rings. The van der Waals surface area contributed by atoms with Gasteiger partial charge in [0.15, 0.2) is 0 Å². The highest BCUT2D eigenvalue weighted by Gasteiger charge is 2.16. The predicted octanol–water partition coefficient (Wildman–Crippen LogP) is 14.2. The first-order valence-corrected chi connectivity index (χ1v) is 21.2. The normalized spacial score (nSPS) is 11.8. The van der Waals surface area contributed by atoms with E-state index in [4.69, 9.17) is 0 Å². The van der Waals surface area contributed by atoms with E-state index in [1.807, 2.05) is 37.2 Å². The number of hydrogen-bond donors (Lipinski definition) is 0. The van der Waals surface area contributed by atoms with Crippen LogP contribution < -0.4 is 0 Å². The summed E-state index contributed by atoms with van der Waals surface area (Å²) in [6.45, 7) is 0. The highest BCUT2D eigenvalue weighted by atomic mass is 15.0. The summed E-state index contributed by atoms with van der Waals surface area (Å²) in [6.07, 6.45) is 11.5. The number of nitrogens with zero attached hydrogens (tertiary/aromatic N) is 6. The second-order valence-electron chi connectivity index (χ2n) is 16.2. The first kappa shape index (κ1) is 35.2. The molecule has 0 saturated carbocycles. The van der Waals surface area contributed by atoms with Crippen molar-refractivity contribution in [2.45, 2.75) is 0 Å². The molecule has 0 radical (unpaired) electrons. The Hall–Kier alpha value is -8.61. The number of pyridine rings is 3. The minimum atomic E-state index is 1.11. The third-order valence-electron chi connectivity index (χ3n) is 12.7. The van der Waals surface area contributed by atoms with Crippen LogP contribution in [0.25, 0.3) is 116 Å². The van der Waals surface area contributed by atoms with Gasteiger partial charge in [-0.15, -0.1) is 0 Å². The van der Waals surface area contributed by atoms with E-state index in [1.54, 1.807) is 0 Å². The van der Waals surface area contributed by atoms with Gasteiger partial charge in [-0.2, -0.15) is 0 Å². The molecule has 0 amide bonds. The molecule has 294 valence electrons. The van der Waals surface area contributed by atoms with Gasteiger partial charge in [0.25, 0.3) is 0 Å². The summed E-state index contributed by atoms with van der Waals surface area (Å²) in [5, 5.41) is 7.05. The Morgan fingerprint density at radius 3 is 0.810 bits per heavy atom. The lowest BCUT2D eigenvalue weighted by Gasteiger charge is -2.14. The van der Waals surface area contributed by atoms with Gasteiger partial charge in [-0.05, 0) is 124 Å². The van der Waals surface area contributed by atoms with Gasteiger partial charge in [-0.3, -0.25) is 15.0 Å². The molecule has 0 aliphatic heterocycles. The molecule has 0 aliphatic rings. The molecule has 0 spiro atoms. The molecule has 6 nitrogen and oxygen atoms in total. The number of rotatable bonds is 6. The molecule has 13 rings (SSSR count). The fraction of sp³-hybridized carbons (Fsp3) is 0. The number of para-hydroxylation sites is 3. The summed E-state index contributed by atoms with van der Waals surface area (Å²) < 4.78 is 7.01. The lowest BCUT2D eigenvalue weighted by molar-refractivity contribution is 1.17. The Morgan fingerprint density at radius 2 is 0.508 bits per heavy atom. The zero-order valence-corrected chi connectivity index (χ0v) is 34.0. The van der Waals surface area contributed by atoms with E-state index < -0.39 is 0 Å². The third-order valence-corrected chi connectivity index (χ3v) is 12.7. The highest BCUT2D eigenvalue weighted by molar-refractivity contribution is 6.10. The number of hydrogen-bond acceptors (Lipinski definition) is 3. The van der Waals surface area contributed by atoms with E-state index in [2.05, 4.69) is 211 Å². The van der Waals surface area contributed by atoms with Crippen LogP contribution in [0, 0.1) is 0 Å². The summed E-state index contributed by atoms with van der Waals surface area (Å²) in [6, 6.07) is 65.9. The fourth-order valence-electron chi connectivity index (χ4n) is 9.82. The maximum Gasteiger partial charge on any atom is 0.0571 e. The van der Waals surface area contributed by atoms with Gasteiger partial charge in [0.2, 0.25) is 0 Å². The fourth-order valence-corrected chi connectivity index (χ4v) is 9.82. The van der Waals surface area contributed by atoms with Gasteiger partial charge < -0.3 is 13.7 Å². The molecule has 6 heteroatoms. The average Bonchev–Trinajstić information content (AvgIpc) is 4.00. The maximum absolute atomic E-state index is 4.45. The van der Waals surface area contributed by atoms with Gasteiger partial charge in [0.05, 0.1) is 33.1 Å². The van der Waals surface area contributed by atoms with Gasteiger partial charge in [0, 0.05) is 86.6 Å². The SMILES string of the molecule is c1ccc2c(c1)c1cnccc1n2-c1ccc(-c2cc(-c3ccc(-n4c5ccccc5c5cnccc54)cc3)cc(-c3ccc(-n4c5ccccc5c5cnccc54)cc3)c2)cc1. The second-order valence-corrected chi connectivity index (χ2v) is 16.2. The van der Waals surface area contributed by atoms with Crippen molar-refractivity contribution >= 4 is 65.4 Å². The van der Waals surface area contributed by atoms with Crippen LogP contribution in [-0.4, -0.2) is 28.7 Å². The van der Waals surface area contributed by atoms with Crippen LogP contribution in [0.15, 0.2) is 219 Å². The quantitative estimate of drug-likeness (QED) is 0.168. The molecular formula is C57H36N6. The van der Waals surface area contributed by atoms with Crippen molar-refractivity contribution in [3.05, 3.63) is 219 Å². The summed E-state index contributed by atoms with van der Waals surface area (Å²) in [5.41, 5.74) is 17.2. The largest absolute Gasteiger partial charge is 0.309 e. The number of benzene rings is 7. The molecular weight excluding hydrogens is 769 g/mol. The molecule has 0 fully saturated rings. The van der Waals surface area contributed by atoms with Crippen LogP contribution in [0.3, 0.4) is 0 Å². The van der Waals surface area contributed by atoms with Crippen LogP contribution in [0.1, 0.15) is 0 Å². The van der Waals surface area contributed by atoms with Crippen molar-refractivity contribution in [2.24, 2.45) is 0 Å².